The normalized spacial score (nSPS) is 27.1. The second-order valence-corrected chi connectivity index (χ2v) is 7.64. The Balaban J connectivity index is 1.71. The molecule has 25 heavy (non-hydrogen) atoms. The molecule has 2 N–H and O–H groups in total. The fourth-order valence-electron chi connectivity index (χ4n) is 4.59. The number of nitrogens with one attached hydrogen (secondary N) is 2. The molecule has 3 amide bonds. The summed E-state index contributed by atoms with van der Waals surface area (Å²) in [6, 6.07) is 0.102. The number of carbonyl (C=O) groups excluding carboxylic acids is 3. The molecule has 3 aliphatic rings. The Labute approximate surface area is 149 Å². The van der Waals surface area contributed by atoms with Gasteiger partial charge in [-0.2, -0.15) is 0 Å². The average molecular weight is 350 g/mol. The number of likely N-dealkylation sites (tertiary alicyclic amines) is 1. The lowest BCUT2D eigenvalue weighted by atomic mass is 9.80. The van der Waals surface area contributed by atoms with E-state index in [1.165, 1.54) is 6.92 Å². The van der Waals surface area contributed by atoms with E-state index in [0.717, 1.165) is 58.0 Å². The predicted octanol–water partition coefficient (Wildman–Crippen LogP) is 0.248. The summed E-state index contributed by atoms with van der Waals surface area (Å²) in [6.45, 7) is 4.71. The smallest absolute Gasteiger partial charge is 0.248 e. The molecule has 0 aromatic heterocycles. The zero-order chi connectivity index (χ0) is 17.9. The minimum Gasteiger partial charge on any atom is -0.342 e. The van der Waals surface area contributed by atoms with E-state index in [0.29, 0.717) is 19.6 Å². The van der Waals surface area contributed by atoms with Crippen molar-refractivity contribution < 1.29 is 14.4 Å². The molecule has 2 heterocycles. The zero-order valence-corrected chi connectivity index (χ0v) is 15.2. The van der Waals surface area contributed by atoms with Crippen LogP contribution in [-0.2, 0) is 14.4 Å². The molecule has 3 fully saturated rings. The van der Waals surface area contributed by atoms with Gasteiger partial charge in [0.15, 0.2) is 0 Å². The van der Waals surface area contributed by atoms with E-state index < -0.39 is 5.54 Å². The number of amides is 3. The van der Waals surface area contributed by atoms with Crippen molar-refractivity contribution in [3.05, 3.63) is 0 Å². The average Bonchev–Trinajstić information content (AvgIpc) is 2.62. The van der Waals surface area contributed by atoms with Crippen LogP contribution in [0.15, 0.2) is 0 Å². The van der Waals surface area contributed by atoms with Gasteiger partial charge in [-0.3, -0.25) is 14.4 Å². The first-order valence-corrected chi connectivity index (χ1v) is 9.60. The molecular formula is C18H30N4O3. The first-order chi connectivity index (χ1) is 12.0. The number of rotatable bonds is 3. The number of piperazine rings is 1. The SMILES string of the molecule is CC(=O)NC1(C(=O)N2CCCC(N3CCNCC3=O)C2)CCCCC1. The van der Waals surface area contributed by atoms with Crippen LogP contribution in [0.3, 0.4) is 0 Å². The molecule has 1 unspecified atom stereocenters. The summed E-state index contributed by atoms with van der Waals surface area (Å²) < 4.78 is 0. The van der Waals surface area contributed by atoms with Crippen LogP contribution in [0.5, 0.6) is 0 Å². The summed E-state index contributed by atoms with van der Waals surface area (Å²) in [5.41, 5.74) is -0.737. The van der Waals surface area contributed by atoms with E-state index in [9.17, 15) is 14.4 Å². The minimum absolute atomic E-state index is 0.0506. The highest BCUT2D eigenvalue weighted by Crippen LogP contribution is 2.31. The van der Waals surface area contributed by atoms with Crippen LogP contribution >= 0.6 is 0 Å². The van der Waals surface area contributed by atoms with Gasteiger partial charge in [0.1, 0.15) is 5.54 Å². The molecule has 7 heteroatoms. The van der Waals surface area contributed by atoms with Crippen molar-refractivity contribution in [2.75, 3.05) is 32.7 Å². The largest absolute Gasteiger partial charge is 0.342 e. The van der Waals surface area contributed by atoms with E-state index in [1.54, 1.807) is 0 Å². The van der Waals surface area contributed by atoms with Crippen molar-refractivity contribution in [1.82, 2.24) is 20.4 Å². The maximum atomic E-state index is 13.3. The van der Waals surface area contributed by atoms with Gasteiger partial charge in [-0.1, -0.05) is 19.3 Å². The molecule has 2 saturated heterocycles. The van der Waals surface area contributed by atoms with E-state index >= 15 is 0 Å². The fourth-order valence-corrected chi connectivity index (χ4v) is 4.59. The quantitative estimate of drug-likeness (QED) is 0.764. The number of piperidine rings is 1. The first-order valence-electron chi connectivity index (χ1n) is 9.60. The molecule has 2 aliphatic heterocycles. The highest BCUT2D eigenvalue weighted by atomic mass is 16.2. The molecule has 140 valence electrons. The Morgan fingerprint density at radius 1 is 1.16 bits per heavy atom. The summed E-state index contributed by atoms with van der Waals surface area (Å²) in [4.78, 5) is 41.0. The third kappa shape index (κ3) is 3.97. The topological polar surface area (TPSA) is 81.8 Å². The fraction of sp³-hybridized carbons (Fsp3) is 0.833. The van der Waals surface area contributed by atoms with Gasteiger partial charge in [0.2, 0.25) is 17.7 Å². The Morgan fingerprint density at radius 3 is 2.60 bits per heavy atom. The van der Waals surface area contributed by atoms with Crippen LogP contribution in [0.2, 0.25) is 0 Å². The number of hydrogen-bond donors (Lipinski definition) is 2. The summed E-state index contributed by atoms with van der Waals surface area (Å²) in [5, 5.41) is 6.07. The Kier molecular flexibility index (Phi) is 5.61. The monoisotopic (exact) mass is 350 g/mol. The second kappa shape index (κ2) is 7.72. The van der Waals surface area contributed by atoms with Gasteiger partial charge < -0.3 is 20.4 Å². The molecular weight excluding hydrogens is 320 g/mol. The molecule has 0 bridgehead atoms. The van der Waals surface area contributed by atoms with Crippen molar-refractivity contribution in [3.63, 3.8) is 0 Å². The lowest BCUT2D eigenvalue weighted by Gasteiger charge is -2.45. The van der Waals surface area contributed by atoms with Crippen molar-refractivity contribution in [2.24, 2.45) is 0 Å². The number of carbonyl (C=O) groups is 3. The third-order valence-corrected chi connectivity index (χ3v) is 5.78. The highest BCUT2D eigenvalue weighted by molar-refractivity contribution is 5.91. The van der Waals surface area contributed by atoms with Crippen LogP contribution < -0.4 is 10.6 Å². The molecule has 1 saturated carbocycles. The number of nitrogens with zero attached hydrogens (tertiary/aromatic N) is 2. The lowest BCUT2D eigenvalue weighted by Crippen LogP contribution is -2.64. The van der Waals surface area contributed by atoms with Gasteiger partial charge in [-0.15, -0.1) is 0 Å². The van der Waals surface area contributed by atoms with E-state index in [4.69, 9.17) is 0 Å². The first kappa shape index (κ1) is 18.2. The molecule has 1 aliphatic carbocycles. The standard InChI is InChI=1S/C18H30N4O3/c1-14(23)20-18(7-3-2-4-8-18)17(25)21-10-5-6-15(13-21)22-11-9-19-12-16(22)24/h15,19H,2-13H2,1H3,(H,20,23). The van der Waals surface area contributed by atoms with Crippen molar-refractivity contribution in [2.45, 2.75) is 63.5 Å². The summed E-state index contributed by atoms with van der Waals surface area (Å²) >= 11 is 0. The summed E-state index contributed by atoms with van der Waals surface area (Å²) in [7, 11) is 0. The van der Waals surface area contributed by atoms with Crippen molar-refractivity contribution in [3.8, 4) is 0 Å². The summed E-state index contributed by atoms with van der Waals surface area (Å²) in [6.07, 6.45) is 6.36. The van der Waals surface area contributed by atoms with Gasteiger partial charge in [0, 0.05) is 39.1 Å². The Morgan fingerprint density at radius 2 is 1.92 bits per heavy atom. The predicted molar refractivity (Wildman–Crippen MR) is 93.8 cm³/mol. The van der Waals surface area contributed by atoms with Gasteiger partial charge in [0.05, 0.1) is 6.54 Å². The van der Waals surface area contributed by atoms with Crippen molar-refractivity contribution >= 4 is 17.7 Å². The minimum atomic E-state index is -0.737. The molecule has 0 aromatic rings. The van der Waals surface area contributed by atoms with Crippen LogP contribution in [0.1, 0.15) is 51.9 Å². The maximum absolute atomic E-state index is 13.3. The van der Waals surface area contributed by atoms with Crippen LogP contribution in [0.25, 0.3) is 0 Å². The third-order valence-electron chi connectivity index (χ3n) is 5.78. The van der Waals surface area contributed by atoms with E-state index in [1.807, 2.05) is 9.80 Å². The van der Waals surface area contributed by atoms with Crippen LogP contribution in [-0.4, -0.2) is 71.8 Å². The van der Waals surface area contributed by atoms with Crippen LogP contribution in [0, 0.1) is 0 Å². The second-order valence-electron chi connectivity index (χ2n) is 7.64. The van der Waals surface area contributed by atoms with Gasteiger partial charge in [-0.05, 0) is 25.7 Å². The molecule has 0 aromatic carbocycles. The van der Waals surface area contributed by atoms with Gasteiger partial charge in [-0.25, -0.2) is 0 Å². The van der Waals surface area contributed by atoms with Gasteiger partial charge in [0.25, 0.3) is 0 Å². The summed E-state index contributed by atoms with van der Waals surface area (Å²) in [5.74, 6) is 0.0376. The molecule has 7 nitrogen and oxygen atoms in total. The van der Waals surface area contributed by atoms with Crippen LogP contribution in [0.4, 0.5) is 0 Å². The maximum Gasteiger partial charge on any atom is 0.248 e. The molecule has 0 radical (unpaired) electrons. The van der Waals surface area contributed by atoms with E-state index in [2.05, 4.69) is 10.6 Å². The molecule has 3 rings (SSSR count). The lowest BCUT2D eigenvalue weighted by molar-refractivity contribution is -0.147. The molecule has 0 spiro atoms. The Bertz CT molecular complexity index is 530. The van der Waals surface area contributed by atoms with Crippen molar-refractivity contribution in [1.29, 1.82) is 0 Å². The van der Waals surface area contributed by atoms with E-state index in [-0.39, 0.29) is 23.8 Å². The zero-order valence-electron chi connectivity index (χ0n) is 15.2. The Hall–Kier alpha value is -1.63. The number of hydrogen-bond acceptors (Lipinski definition) is 4. The van der Waals surface area contributed by atoms with Gasteiger partial charge >= 0.3 is 0 Å². The highest BCUT2D eigenvalue weighted by Gasteiger charge is 2.44. The molecule has 1 atom stereocenters.